The molecule has 5 heteroatoms. The lowest BCUT2D eigenvalue weighted by Crippen LogP contribution is -2.29. The van der Waals surface area contributed by atoms with Crippen molar-refractivity contribution in [3.05, 3.63) is 30.0 Å². The van der Waals surface area contributed by atoms with Crippen molar-refractivity contribution < 1.29 is 9.32 Å². The predicted octanol–water partition coefficient (Wildman–Crippen LogP) is 3.39. The van der Waals surface area contributed by atoms with Crippen molar-refractivity contribution in [3.63, 3.8) is 0 Å². The van der Waals surface area contributed by atoms with E-state index in [2.05, 4.69) is 21.1 Å². The Morgan fingerprint density at radius 2 is 2.10 bits per heavy atom. The number of amides is 1. The highest BCUT2D eigenvalue weighted by Crippen LogP contribution is 2.18. The molecule has 2 rings (SSSR count). The van der Waals surface area contributed by atoms with Gasteiger partial charge in [-0.25, -0.2) is 0 Å². The zero-order valence-corrected chi connectivity index (χ0v) is 13.2. The number of unbranched alkanes of at least 4 members (excludes halogenated alkanes) is 2. The van der Waals surface area contributed by atoms with Gasteiger partial charge in [0.25, 0.3) is 0 Å². The highest BCUT2D eigenvalue weighted by molar-refractivity contribution is 9.09. The maximum Gasteiger partial charge on any atom is 0.228 e. The first-order chi connectivity index (χ1) is 9.72. The van der Waals surface area contributed by atoms with Crippen LogP contribution in [0.4, 0.5) is 0 Å². The number of rotatable bonds is 7. The van der Waals surface area contributed by atoms with Crippen LogP contribution in [-0.4, -0.2) is 34.9 Å². The Morgan fingerprint density at radius 1 is 1.30 bits per heavy atom. The molecule has 0 bridgehead atoms. The molecule has 0 atom stereocenters. The number of para-hydroxylation sites is 1. The van der Waals surface area contributed by atoms with Crippen LogP contribution in [0, 0.1) is 0 Å². The van der Waals surface area contributed by atoms with Crippen LogP contribution in [0.3, 0.4) is 0 Å². The Kier molecular flexibility index (Phi) is 5.59. The summed E-state index contributed by atoms with van der Waals surface area (Å²) < 4.78 is 5.22. The lowest BCUT2D eigenvalue weighted by molar-refractivity contribution is -0.129. The summed E-state index contributed by atoms with van der Waals surface area (Å²) in [6.07, 6.45) is 3.62. The number of carbonyl (C=O) groups is 1. The maximum absolute atomic E-state index is 12.2. The summed E-state index contributed by atoms with van der Waals surface area (Å²) in [4.78, 5) is 13.9. The smallest absolute Gasteiger partial charge is 0.228 e. The number of carbonyl (C=O) groups excluding carboxylic acids is 1. The molecule has 0 aliphatic rings. The quantitative estimate of drug-likeness (QED) is 0.574. The van der Waals surface area contributed by atoms with Gasteiger partial charge in [0.05, 0.1) is 6.42 Å². The summed E-state index contributed by atoms with van der Waals surface area (Å²) in [5, 5.41) is 5.95. The molecule has 1 aromatic heterocycles. The second-order valence-corrected chi connectivity index (χ2v) is 5.66. The molecule has 1 amide bonds. The van der Waals surface area contributed by atoms with Gasteiger partial charge in [0, 0.05) is 24.3 Å². The van der Waals surface area contributed by atoms with E-state index in [9.17, 15) is 4.79 Å². The average molecular weight is 339 g/mol. The van der Waals surface area contributed by atoms with Crippen LogP contribution in [0.25, 0.3) is 11.0 Å². The summed E-state index contributed by atoms with van der Waals surface area (Å²) in [6, 6.07) is 7.62. The largest absolute Gasteiger partial charge is 0.356 e. The van der Waals surface area contributed by atoms with E-state index in [4.69, 9.17) is 4.52 Å². The number of alkyl halides is 1. The Hall–Kier alpha value is -1.36. The monoisotopic (exact) mass is 338 g/mol. The van der Waals surface area contributed by atoms with Crippen molar-refractivity contribution in [1.82, 2.24) is 10.1 Å². The van der Waals surface area contributed by atoms with Crippen molar-refractivity contribution >= 4 is 32.8 Å². The molecular formula is C15H19BrN2O2. The highest BCUT2D eigenvalue weighted by Gasteiger charge is 2.14. The summed E-state index contributed by atoms with van der Waals surface area (Å²) in [5.74, 6) is 0.0860. The Labute approximate surface area is 127 Å². The third-order valence-corrected chi connectivity index (χ3v) is 3.88. The van der Waals surface area contributed by atoms with Crippen molar-refractivity contribution in [2.75, 3.05) is 18.9 Å². The molecule has 0 spiro atoms. The summed E-state index contributed by atoms with van der Waals surface area (Å²) in [7, 11) is 1.85. The molecule has 0 aliphatic carbocycles. The second kappa shape index (κ2) is 7.43. The van der Waals surface area contributed by atoms with Gasteiger partial charge in [0.2, 0.25) is 5.91 Å². The van der Waals surface area contributed by atoms with Gasteiger partial charge < -0.3 is 9.42 Å². The lowest BCUT2D eigenvalue weighted by atomic mass is 10.1. The lowest BCUT2D eigenvalue weighted by Gasteiger charge is -2.16. The second-order valence-electron chi connectivity index (χ2n) is 4.87. The summed E-state index contributed by atoms with van der Waals surface area (Å²) in [5.41, 5.74) is 1.45. The van der Waals surface area contributed by atoms with Crippen molar-refractivity contribution in [2.45, 2.75) is 25.7 Å². The topological polar surface area (TPSA) is 46.3 Å². The number of fused-ring (bicyclic) bond motifs is 1. The van der Waals surface area contributed by atoms with Gasteiger partial charge in [0.1, 0.15) is 5.69 Å². The van der Waals surface area contributed by atoms with E-state index in [-0.39, 0.29) is 5.91 Å². The molecule has 0 fully saturated rings. The molecule has 1 aromatic carbocycles. The van der Waals surface area contributed by atoms with Crippen LogP contribution in [-0.2, 0) is 11.2 Å². The van der Waals surface area contributed by atoms with E-state index >= 15 is 0 Å². The molecule has 0 N–H and O–H groups in total. The predicted molar refractivity (Wildman–Crippen MR) is 83.0 cm³/mol. The fraction of sp³-hybridized carbons (Fsp3) is 0.467. The Bertz CT molecular complexity index is 568. The number of nitrogens with zero attached hydrogens (tertiary/aromatic N) is 2. The molecule has 0 radical (unpaired) electrons. The fourth-order valence-electron chi connectivity index (χ4n) is 2.09. The molecule has 20 heavy (non-hydrogen) atoms. The number of benzene rings is 1. The SMILES string of the molecule is CN(CCCCCBr)C(=O)Cc1noc2ccccc12. The Balaban J connectivity index is 1.90. The first-order valence-electron chi connectivity index (χ1n) is 6.85. The van der Waals surface area contributed by atoms with Crippen molar-refractivity contribution in [2.24, 2.45) is 0 Å². The third-order valence-electron chi connectivity index (χ3n) is 3.32. The first kappa shape index (κ1) is 15.0. The van der Waals surface area contributed by atoms with Gasteiger partial charge in [-0.2, -0.15) is 0 Å². The summed E-state index contributed by atoms with van der Waals surface area (Å²) in [6.45, 7) is 0.793. The molecule has 0 saturated carbocycles. The molecule has 0 unspecified atom stereocenters. The van der Waals surface area contributed by atoms with E-state index in [0.717, 1.165) is 47.8 Å². The molecule has 108 valence electrons. The first-order valence-corrected chi connectivity index (χ1v) is 7.97. The number of aromatic nitrogens is 1. The third kappa shape index (κ3) is 3.82. The van der Waals surface area contributed by atoms with E-state index in [1.54, 1.807) is 4.90 Å². The molecule has 4 nitrogen and oxygen atoms in total. The minimum Gasteiger partial charge on any atom is -0.356 e. The minimum absolute atomic E-state index is 0.0860. The normalized spacial score (nSPS) is 10.9. The van der Waals surface area contributed by atoms with E-state index in [0.29, 0.717) is 6.42 Å². The highest BCUT2D eigenvalue weighted by atomic mass is 79.9. The van der Waals surface area contributed by atoms with E-state index in [1.165, 1.54) is 0 Å². The van der Waals surface area contributed by atoms with Crippen LogP contribution in [0.2, 0.25) is 0 Å². The van der Waals surface area contributed by atoms with Crippen LogP contribution in [0.15, 0.2) is 28.8 Å². The molecule has 0 aliphatic heterocycles. The molecule has 2 aromatic rings. The molecule has 1 heterocycles. The number of hydrogen-bond donors (Lipinski definition) is 0. The van der Waals surface area contributed by atoms with E-state index < -0.39 is 0 Å². The minimum atomic E-state index is 0.0860. The number of hydrogen-bond acceptors (Lipinski definition) is 3. The number of halogens is 1. The van der Waals surface area contributed by atoms with Gasteiger partial charge in [-0.3, -0.25) is 4.79 Å². The Morgan fingerprint density at radius 3 is 2.90 bits per heavy atom. The van der Waals surface area contributed by atoms with Crippen LogP contribution >= 0.6 is 15.9 Å². The molecule has 0 saturated heterocycles. The van der Waals surface area contributed by atoms with Gasteiger partial charge in [-0.05, 0) is 25.0 Å². The zero-order chi connectivity index (χ0) is 14.4. The maximum atomic E-state index is 12.2. The van der Waals surface area contributed by atoms with Crippen molar-refractivity contribution in [1.29, 1.82) is 0 Å². The van der Waals surface area contributed by atoms with Gasteiger partial charge >= 0.3 is 0 Å². The van der Waals surface area contributed by atoms with Gasteiger partial charge in [-0.1, -0.05) is 39.6 Å². The van der Waals surface area contributed by atoms with Gasteiger partial charge in [-0.15, -0.1) is 0 Å². The fourth-order valence-corrected chi connectivity index (χ4v) is 2.49. The van der Waals surface area contributed by atoms with Crippen LogP contribution in [0.5, 0.6) is 0 Å². The standard InChI is InChI=1S/C15H19BrN2O2/c1-18(10-6-2-5-9-16)15(19)11-13-12-7-3-4-8-14(12)20-17-13/h3-4,7-8H,2,5-6,9-11H2,1H3. The zero-order valence-electron chi connectivity index (χ0n) is 11.6. The average Bonchev–Trinajstić information content (AvgIpc) is 2.87. The summed E-state index contributed by atoms with van der Waals surface area (Å²) >= 11 is 3.41. The van der Waals surface area contributed by atoms with Crippen LogP contribution < -0.4 is 0 Å². The van der Waals surface area contributed by atoms with E-state index in [1.807, 2.05) is 31.3 Å². The van der Waals surface area contributed by atoms with Gasteiger partial charge in [0.15, 0.2) is 5.58 Å². The van der Waals surface area contributed by atoms with Crippen LogP contribution in [0.1, 0.15) is 25.0 Å². The number of likely N-dealkylation sites (N-methyl/N-ethyl adjacent to an activating group) is 1. The molecular weight excluding hydrogens is 320 g/mol. The van der Waals surface area contributed by atoms with Crippen molar-refractivity contribution in [3.8, 4) is 0 Å².